The number of aliphatic hydroxyl groups is 1. The molecule has 0 aliphatic carbocycles. The molecule has 2 aliphatic heterocycles. The molecule has 2 fully saturated rings. The predicted octanol–water partition coefficient (Wildman–Crippen LogP) is 3.55. The first-order chi connectivity index (χ1) is 9.70. The largest absolute Gasteiger partial charge is 0.388 e. The Kier molecular flexibility index (Phi) is 4.34. The van der Waals surface area contributed by atoms with Crippen molar-refractivity contribution in [3.63, 3.8) is 0 Å². The minimum absolute atomic E-state index is 0.0690. The number of hydrogen-bond donors (Lipinski definition) is 1. The number of thioether (sulfide) groups is 1. The van der Waals surface area contributed by atoms with Crippen LogP contribution < -0.4 is 0 Å². The van der Waals surface area contributed by atoms with Crippen LogP contribution in [0.3, 0.4) is 0 Å². The molecule has 2 unspecified atom stereocenters. The summed E-state index contributed by atoms with van der Waals surface area (Å²) < 4.78 is 19.9. The molecule has 2 atom stereocenters. The summed E-state index contributed by atoms with van der Waals surface area (Å²) in [5, 5.41) is 10.5. The number of benzene rings is 1. The van der Waals surface area contributed by atoms with Crippen molar-refractivity contribution < 1.29 is 14.2 Å². The topological polar surface area (TPSA) is 29.5 Å². The van der Waals surface area contributed by atoms with E-state index >= 15 is 0 Å². The zero-order chi connectivity index (χ0) is 14.0. The molecule has 2 heterocycles. The molecule has 0 amide bonds. The van der Waals surface area contributed by atoms with Gasteiger partial charge in [-0.3, -0.25) is 0 Å². The molecule has 1 N–H and O–H groups in total. The van der Waals surface area contributed by atoms with Gasteiger partial charge in [-0.25, -0.2) is 4.39 Å². The minimum atomic E-state index is -0.716. The molecule has 1 aromatic rings. The van der Waals surface area contributed by atoms with Crippen molar-refractivity contribution in [2.24, 2.45) is 5.92 Å². The normalized spacial score (nSPS) is 27.4. The van der Waals surface area contributed by atoms with Gasteiger partial charge in [-0.1, -0.05) is 18.2 Å². The van der Waals surface area contributed by atoms with Crippen LogP contribution in [0, 0.1) is 11.7 Å². The molecule has 110 valence electrons. The Bertz CT molecular complexity index is 454. The lowest BCUT2D eigenvalue weighted by Gasteiger charge is -2.44. The highest BCUT2D eigenvalue weighted by Crippen LogP contribution is 2.43. The summed E-state index contributed by atoms with van der Waals surface area (Å²) in [4.78, 5) is 0. The summed E-state index contributed by atoms with van der Waals surface area (Å²) in [5.41, 5.74) is 0.361. The molecule has 20 heavy (non-hydrogen) atoms. The van der Waals surface area contributed by atoms with Gasteiger partial charge in [-0.2, -0.15) is 11.8 Å². The Morgan fingerprint density at radius 3 is 2.80 bits per heavy atom. The van der Waals surface area contributed by atoms with Gasteiger partial charge in [0.1, 0.15) is 5.82 Å². The highest BCUT2D eigenvalue weighted by atomic mass is 32.2. The second-order valence-corrected chi connectivity index (χ2v) is 7.09. The lowest BCUT2D eigenvalue weighted by atomic mass is 9.78. The molecule has 4 heteroatoms. The summed E-state index contributed by atoms with van der Waals surface area (Å²) in [6.45, 7) is 0.681. The van der Waals surface area contributed by atoms with E-state index in [0.717, 1.165) is 37.2 Å². The summed E-state index contributed by atoms with van der Waals surface area (Å²) >= 11 is 1.97. The van der Waals surface area contributed by atoms with Crippen molar-refractivity contribution in [2.45, 2.75) is 37.4 Å². The van der Waals surface area contributed by atoms with Crippen molar-refractivity contribution in [3.05, 3.63) is 35.6 Å². The summed E-state index contributed by atoms with van der Waals surface area (Å²) in [7, 11) is 0. The van der Waals surface area contributed by atoms with Crippen LogP contribution in [-0.2, 0) is 4.74 Å². The van der Waals surface area contributed by atoms with E-state index in [4.69, 9.17) is 4.74 Å². The highest BCUT2D eigenvalue weighted by Gasteiger charge is 2.41. The summed E-state index contributed by atoms with van der Waals surface area (Å²) in [5.74, 6) is 2.05. The first-order valence-corrected chi connectivity index (χ1v) is 8.50. The van der Waals surface area contributed by atoms with Crippen molar-refractivity contribution in [2.75, 3.05) is 18.1 Å². The van der Waals surface area contributed by atoms with Gasteiger partial charge in [-0.05, 0) is 49.2 Å². The predicted molar refractivity (Wildman–Crippen MR) is 79.3 cm³/mol. The van der Waals surface area contributed by atoms with Gasteiger partial charge in [0.2, 0.25) is 0 Å². The Labute approximate surface area is 123 Å². The van der Waals surface area contributed by atoms with Crippen LogP contribution in [-0.4, -0.2) is 28.8 Å². The lowest BCUT2D eigenvalue weighted by Crippen LogP contribution is -2.44. The third-order valence-corrected chi connectivity index (χ3v) is 5.59. The SMILES string of the molecule is OC(c1ccccc1F)C1CCOC2(CCSCC2)C1. The van der Waals surface area contributed by atoms with Crippen LogP contribution in [0.5, 0.6) is 0 Å². The molecular weight excluding hydrogens is 275 g/mol. The maximum absolute atomic E-state index is 13.8. The fourth-order valence-corrected chi connectivity index (χ4v) is 4.63. The minimum Gasteiger partial charge on any atom is -0.388 e. The quantitative estimate of drug-likeness (QED) is 0.905. The average Bonchev–Trinajstić information content (AvgIpc) is 2.48. The first kappa shape index (κ1) is 14.4. The van der Waals surface area contributed by atoms with Crippen LogP contribution >= 0.6 is 11.8 Å². The summed E-state index contributed by atoms with van der Waals surface area (Å²) in [6, 6.07) is 6.56. The van der Waals surface area contributed by atoms with Gasteiger partial charge in [0.25, 0.3) is 0 Å². The Balaban J connectivity index is 1.75. The van der Waals surface area contributed by atoms with Crippen molar-refractivity contribution in [3.8, 4) is 0 Å². The molecule has 3 rings (SSSR count). The van der Waals surface area contributed by atoms with Gasteiger partial charge in [-0.15, -0.1) is 0 Å². The second kappa shape index (κ2) is 6.04. The highest BCUT2D eigenvalue weighted by molar-refractivity contribution is 7.99. The Hall–Kier alpha value is -0.580. The fourth-order valence-electron chi connectivity index (χ4n) is 3.40. The summed E-state index contributed by atoms with van der Waals surface area (Å²) in [6.07, 6.45) is 3.05. The van der Waals surface area contributed by atoms with E-state index in [2.05, 4.69) is 0 Å². The number of aliphatic hydroxyl groups excluding tert-OH is 1. The van der Waals surface area contributed by atoms with Crippen LogP contribution in [0.4, 0.5) is 4.39 Å². The number of rotatable bonds is 2. The second-order valence-electron chi connectivity index (χ2n) is 5.86. The monoisotopic (exact) mass is 296 g/mol. The smallest absolute Gasteiger partial charge is 0.129 e. The van der Waals surface area contributed by atoms with Crippen LogP contribution in [0.15, 0.2) is 24.3 Å². The van der Waals surface area contributed by atoms with E-state index < -0.39 is 6.10 Å². The van der Waals surface area contributed by atoms with E-state index in [9.17, 15) is 9.50 Å². The average molecular weight is 296 g/mol. The van der Waals surface area contributed by atoms with Gasteiger partial charge in [0.15, 0.2) is 0 Å². The maximum atomic E-state index is 13.8. The van der Waals surface area contributed by atoms with Crippen LogP contribution in [0.25, 0.3) is 0 Å². The van der Waals surface area contributed by atoms with Crippen LogP contribution in [0.2, 0.25) is 0 Å². The van der Waals surface area contributed by atoms with Crippen LogP contribution in [0.1, 0.15) is 37.4 Å². The van der Waals surface area contributed by atoms with Gasteiger partial charge in [0.05, 0.1) is 11.7 Å². The lowest BCUT2D eigenvalue weighted by molar-refractivity contribution is -0.121. The van der Waals surface area contributed by atoms with Crippen molar-refractivity contribution in [1.29, 1.82) is 0 Å². The van der Waals surface area contributed by atoms with E-state index in [-0.39, 0.29) is 17.3 Å². The third-order valence-electron chi connectivity index (χ3n) is 4.61. The zero-order valence-corrected chi connectivity index (χ0v) is 12.4. The maximum Gasteiger partial charge on any atom is 0.129 e. The standard InChI is InChI=1S/C16H21FO2S/c17-14-4-2-1-3-13(14)15(18)12-5-8-19-16(11-12)6-9-20-10-7-16/h1-4,12,15,18H,5-11H2. The molecule has 2 aliphatic rings. The van der Waals surface area contributed by atoms with E-state index in [1.807, 2.05) is 11.8 Å². The molecule has 0 aromatic heterocycles. The molecule has 0 bridgehead atoms. The third kappa shape index (κ3) is 2.87. The van der Waals surface area contributed by atoms with E-state index in [1.54, 1.807) is 18.2 Å². The van der Waals surface area contributed by atoms with Gasteiger partial charge in [0, 0.05) is 12.2 Å². The van der Waals surface area contributed by atoms with Gasteiger partial charge >= 0.3 is 0 Å². The molecule has 0 saturated carbocycles. The van der Waals surface area contributed by atoms with Crippen molar-refractivity contribution in [1.82, 2.24) is 0 Å². The van der Waals surface area contributed by atoms with Crippen molar-refractivity contribution >= 4 is 11.8 Å². The molecule has 1 aromatic carbocycles. The Morgan fingerprint density at radius 1 is 1.30 bits per heavy atom. The Morgan fingerprint density at radius 2 is 2.05 bits per heavy atom. The molecule has 0 radical (unpaired) electrons. The number of ether oxygens (including phenoxy) is 1. The molecule has 2 saturated heterocycles. The molecule has 1 spiro atoms. The van der Waals surface area contributed by atoms with Gasteiger partial charge < -0.3 is 9.84 Å². The molecule has 2 nitrogen and oxygen atoms in total. The number of hydrogen-bond acceptors (Lipinski definition) is 3. The van der Waals surface area contributed by atoms with E-state index in [0.29, 0.717) is 12.2 Å². The van der Waals surface area contributed by atoms with E-state index in [1.165, 1.54) is 6.07 Å². The first-order valence-electron chi connectivity index (χ1n) is 7.34. The number of halogens is 1. The zero-order valence-electron chi connectivity index (χ0n) is 11.6. The fraction of sp³-hybridized carbons (Fsp3) is 0.625. The molecular formula is C16H21FO2S.